The Morgan fingerprint density at radius 1 is 1.39 bits per heavy atom. The van der Waals surface area contributed by atoms with Crippen molar-refractivity contribution in [3.63, 3.8) is 0 Å². The number of phenols is 2. The first-order valence-corrected chi connectivity index (χ1v) is 10.8. The number of amides is 3. The molecule has 4 atom stereocenters. The van der Waals surface area contributed by atoms with Gasteiger partial charge >= 0.3 is 12.1 Å². The molecule has 0 saturated carbocycles. The fourth-order valence-electron chi connectivity index (χ4n) is 3.18. The summed E-state index contributed by atoms with van der Waals surface area (Å²) in [5.41, 5.74) is 1.80. The van der Waals surface area contributed by atoms with E-state index in [1.807, 2.05) is 0 Å². The van der Waals surface area contributed by atoms with Crippen LogP contribution in [0.4, 0.5) is 4.79 Å². The fourth-order valence-corrected chi connectivity index (χ4v) is 3.99. The number of nitrogens with zero attached hydrogens (tertiary/aromatic N) is 2. The number of β-lactam (4-membered cyclic amide) rings is 1. The summed E-state index contributed by atoms with van der Waals surface area (Å²) in [5, 5.41) is 28.7. The number of rotatable bonds is 7. The molecule has 13 nitrogen and oxygen atoms in total. The van der Waals surface area contributed by atoms with Gasteiger partial charge in [0, 0.05) is 19.5 Å². The van der Waals surface area contributed by atoms with Crippen LogP contribution in [0.3, 0.4) is 0 Å². The van der Waals surface area contributed by atoms with Gasteiger partial charge in [0.2, 0.25) is 5.91 Å². The van der Waals surface area contributed by atoms with E-state index < -0.39 is 74.9 Å². The van der Waals surface area contributed by atoms with E-state index in [0.29, 0.717) is 5.01 Å². The molecule has 1 aliphatic heterocycles. The molecule has 0 radical (unpaired) electrons. The Labute approximate surface area is 195 Å². The van der Waals surface area contributed by atoms with Gasteiger partial charge in [-0.05, 0) is 26.0 Å². The lowest BCUT2D eigenvalue weighted by Gasteiger charge is -2.47. The van der Waals surface area contributed by atoms with Crippen LogP contribution >= 0.6 is 11.6 Å². The first-order valence-electron chi connectivity index (χ1n) is 9.29. The summed E-state index contributed by atoms with van der Waals surface area (Å²) >= 11 is 2.95. The van der Waals surface area contributed by atoms with E-state index in [1.54, 1.807) is 6.92 Å². The Hall–Kier alpha value is -3.10. The van der Waals surface area contributed by atoms with Crippen LogP contribution in [0.1, 0.15) is 30.6 Å². The van der Waals surface area contributed by atoms with Crippen molar-refractivity contribution < 1.29 is 48.0 Å². The van der Waals surface area contributed by atoms with Crippen LogP contribution in [-0.2, 0) is 25.4 Å². The molecule has 1 aliphatic rings. The average Bonchev–Trinajstić information content (AvgIpc) is 2.73. The molecule has 1 aromatic carbocycles. The molecule has 0 aliphatic carbocycles. The van der Waals surface area contributed by atoms with E-state index in [2.05, 4.69) is 5.43 Å². The monoisotopic (exact) mass is 507 g/mol. The van der Waals surface area contributed by atoms with Gasteiger partial charge in [0.25, 0.3) is 5.91 Å². The van der Waals surface area contributed by atoms with E-state index in [-0.39, 0.29) is 12.0 Å². The van der Waals surface area contributed by atoms with Crippen molar-refractivity contribution in [3.05, 3.63) is 22.7 Å². The number of ether oxygens (including phenoxy) is 1. The van der Waals surface area contributed by atoms with Crippen molar-refractivity contribution in [3.8, 4) is 11.5 Å². The summed E-state index contributed by atoms with van der Waals surface area (Å²) in [5.74, 6) is -4.36. The number of likely N-dealkylation sites (tertiary alicyclic amines) is 1. The number of carboxylic acid groups (broad SMARTS) is 1. The number of benzene rings is 1. The molecule has 1 heterocycles. The molecule has 33 heavy (non-hydrogen) atoms. The Morgan fingerprint density at radius 2 is 2.00 bits per heavy atom. The fraction of sp³-hybridized carbons (Fsp3) is 0.444. The topological polar surface area (TPSA) is 194 Å². The van der Waals surface area contributed by atoms with Gasteiger partial charge in [0.15, 0.2) is 28.6 Å². The summed E-state index contributed by atoms with van der Waals surface area (Å²) in [6.45, 7) is 1.76. The summed E-state index contributed by atoms with van der Waals surface area (Å²) in [7, 11) is 1.07. The van der Waals surface area contributed by atoms with Gasteiger partial charge in [-0.1, -0.05) is 11.6 Å². The van der Waals surface area contributed by atoms with Gasteiger partial charge in [0.05, 0.1) is 10.6 Å². The molecule has 0 aromatic heterocycles. The smallest absolute Gasteiger partial charge is 0.428 e. The van der Waals surface area contributed by atoms with E-state index in [0.717, 1.165) is 31.0 Å². The second-order valence-electron chi connectivity index (χ2n) is 7.51. The molecular weight excluding hydrogens is 486 g/mol. The molecule has 2 rings (SSSR count). The minimum Gasteiger partial charge on any atom is -0.504 e. The van der Waals surface area contributed by atoms with Crippen molar-refractivity contribution >= 4 is 46.6 Å². The van der Waals surface area contributed by atoms with Crippen LogP contribution in [0.15, 0.2) is 12.1 Å². The summed E-state index contributed by atoms with van der Waals surface area (Å²) in [6.07, 6.45) is -1.16. The Bertz CT molecular complexity index is 1020. The largest absolute Gasteiger partial charge is 0.504 e. The number of carbonyl (C=O) groups excluding carboxylic acids is 3. The molecule has 1 saturated heterocycles. The van der Waals surface area contributed by atoms with Gasteiger partial charge in [-0.2, -0.15) is 0 Å². The second-order valence-corrected chi connectivity index (χ2v) is 9.32. The molecule has 5 N–H and O–H groups in total. The quantitative estimate of drug-likeness (QED) is 0.150. The third kappa shape index (κ3) is 5.12. The maximum Gasteiger partial charge on any atom is 0.428 e. The minimum atomic E-state index is -2.84. The van der Waals surface area contributed by atoms with Gasteiger partial charge in [-0.25, -0.2) is 18.8 Å². The number of hydrogen-bond donors (Lipinski definition) is 5. The number of aromatic hydroxyl groups is 2. The predicted octanol–water partition coefficient (Wildman–Crippen LogP) is 0.519. The highest BCUT2D eigenvalue weighted by atomic mass is 35.5. The van der Waals surface area contributed by atoms with Crippen LogP contribution in [0.5, 0.6) is 11.5 Å². The zero-order valence-electron chi connectivity index (χ0n) is 17.6. The van der Waals surface area contributed by atoms with E-state index in [9.17, 15) is 43.3 Å². The molecular formula is C18H22ClN3O10S. The lowest BCUT2D eigenvalue weighted by molar-refractivity contribution is -0.163. The molecule has 15 heteroatoms. The third-order valence-corrected chi connectivity index (χ3v) is 6.61. The van der Waals surface area contributed by atoms with Crippen molar-refractivity contribution in [2.45, 2.75) is 37.1 Å². The molecule has 1 aromatic rings. The number of nitrogens with one attached hydrogen (secondary N) is 1. The number of hydrogen-bond acceptors (Lipinski definition) is 8. The highest BCUT2D eigenvalue weighted by Gasteiger charge is 2.54. The van der Waals surface area contributed by atoms with E-state index in [4.69, 9.17) is 16.3 Å². The van der Waals surface area contributed by atoms with Crippen LogP contribution in [0.2, 0.25) is 5.02 Å². The molecule has 0 spiro atoms. The van der Waals surface area contributed by atoms with Crippen LogP contribution < -0.4 is 5.43 Å². The zero-order valence-corrected chi connectivity index (χ0v) is 19.2. The zero-order chi connectivity index (χ0) is 25.2. The first-order chi connectivity index (χ1) is 15.2. The molecule has 3 amide bonds. The maximum absolute atomic E-state index is 12.3. The summed E-state index contributed by atoms with van der Waals surface area (Å²) in [6, 6.07) is -0.169. The van der Waals surface area contributed by atoms with E-state index >= 15 is 0 Å². The predicted molar refractivity (Wildman–Crippen MR) is 113 cm³/mol. The highest BCUT2D eigenvalue weighted by molar-refractivity contribution is 7.80. The van der Waals surface area contributed by atoms with Crippen LogP contribution in [-0.4, -0.2) is 88.4 Å². The lowest BCUT2D eigenvalue weighted by Crippen LogP contribution is -2.68. The molecule has 1 unspecified atom stereocenters. The molecule has 1 fully saturated rings. The molecule has 0 bridgehead atoms. The van der Waals surface area contributed by atoms with Crippen molar-refractivity contribution in [1.29, 1.82) is 0 Å². The highest BCUT2D eigenvalue weighted by Crippen LogP contribution is 2.35. The summed E-state index contributed by atoms with van der Waals surface area (Å²) < 4.78 is 24.7. The number of hydrazine groups is 1. The van der Waals surface area contributed by atoms with Gasteiger partial charge < -0.3 is 29.5 Å². The normalized spacial score (nSPS) is 19.0. The number of phenolic OH excluding ortho intramolecular Hbond substituents is 2. The van der Waals surface area contributed by atoms with Crippen molar-refractivity contribution in [2.75, 3.05) is 13.7 Å². The van der Waals surface area contributed by atoms with Crippen molar-refractivity contribution in [1.82, 2.24) is 15.3 Å². The SMILES string of the molecule is C[C@@H]1CC(=O)N1[C@@H](C(=O)O)[C@](C)(COC(=O)N(C)NC(=O)c1ccc(O)c(O)c1Cl)S(=O)O. The maximum atomic E-state index is 12.3. The standard InChI is InChI=1S/C18H22ClN3O10S/c1-8-6-11(24)22(8)14(16(27)28)18(2,33(30)31)7-32-17(29)21(3)20-15(26)9-4-5-10(23)13(25)12(9)19/h4-5,8,14,23,25H,6-7H2,1-3H3,(H,20,26)(H,27,28)(H,30,31)/t8-,14+,18+/m1/s1. The van der Waals surface area contributed by atoms with Gasteiger partial charge in [-0.3, -0.25) is 15.0 Å². The second kappa shape index (κ2) is 9.80. The lowest BCUT2D eigenvalue weighted by atomic mass is 9.92. The number of halogens is 1. The van der Waals surface area contributed by atoms with E-state index in [1.165, 1.54) is 0 Å². The van der Waals surface area contributed by atoms with Crippen LogP contribution in [0.25, 0.3) is 0 Å². The average molecular weight is 508 g/mol. The number of aliphatic carboxylic acids is 1. The van der Waals surface area contributed by atoms with Crippen molar-refractivity contribution in [2.24, 2.45) is 0 Å². The number of carbonyl (C=O) groups is 4. The Balaban J connectivity index is 2.13. The van der Waals surface area contributed by atoms with Gasteiger partial charge in [-0.15, -0.1) is 0 Å². The third-order valence-electron chi connectivity index (χ3n) is 5.09. The Morgan fingerprint density at radius 3 is 2.48 bits per heavy atom. The summed E-state index contributed by atoms with van der Waals surface area (Å²) in [4.78, 5) is 49.3. The van der Waals surface area contributed by atoms with Gasteiger partial charge in [0.1, 0.15) is 11.4 Å². The first kappa shape index (κ1) is 26.2. The molecule has 182 valence electrons. The number of carboxylic acids is 1. The van der Waals surface area contributed by atoms with Crippen LogP contribution in [0, 0.1) is 0 Å². The Kier molecular flexibility index (Phi) is 7.77. The minimum absolute atomic E-state index is 0.0713.